The molecule has 168 valence electrons. The van der Waals surface area contributed by atoms with Crippen LogP contribution in [0.1, 0.15) is 51.2 Å². The number of carbonyl (C=O) groups excluding carboxylic acids is 2. The molecule has 0 aliphatic carbocycles. The number of aryl methyl sites for hydroxylation is 2. The Morgan fingerprint density at radius 2 is 1.88 bits per heavy atom. The summed E-state index contributed by atoms with van der Waals surface area (Å²) in [6, 6.07) is 17.2. The molecule has 8 heteroatoms. The molecule has 0 saturated heterocycles. The van der Waals surface area contributed by atoms with Gasteiger partial charge < -0.3 is 9.26 Å². The molecule has 8 nitrogen and oxygen atoms in total. The van der Waals surface area contributed by atoms with Crippen molar-refractivity contribution in [2.45, 2.75) is 33.3 Å². The third kappa shape index (κ3) is 4.75. The average molecular weight is 444 g/mol. The van der Waals surface area contributed by atoms with Crippen LogP contribution < -0.4 is 10.6 Å². The normalized spacial score (nSPS) is 10.9. The van der Waals surface area contributed by atoms with E-state index in [0.29, 0.717) is 16.3 Å². The highest BCUT2D eigenvalue weighted by Gasteiger charge is 2.23. The molecule has 2 heterocycles. The summed E-state index contributed by atoms with van der Waals surface area (Å²) in [5, 5.41) is 5.46. The van der Waals surface area contributed by atoms with Gasteiger partial charge in [-0.1, -0.05) is 42.4 Å². The first-order valence-corrected chi connectivity index (χ1v) is 10.6. The van der Waals surface area contributed by atoms with Crippen molar-refractivity contribution < 1.29 is 18.8 Å². The van der Waals surface area contributed by atoms with Gasteiger partial charge >= 0.3 is 0 Å². The maximum Gasteiger partial charge on any atom is 0.293 e. The summed E-state index contributed by atoms with van der Waals surface area (Å²) in [7, 11) is 0. The number of rotatable bonds is 7. The number of hydrogen-bond acceptors (Lipinski definition) is 7. The second kappa shape index (κ2) is 9.62. The summed E-state index contributed by atoms with van der Waals surface area (Å²) in [6.45, 7) is 4.18. The van der Waals surface area contributed by atoms with E-state index in [4.69, 9.17) is 15.1 Å². The number of nitrogens with zero attached hydrogens (tertiary/aromatic N) is 3. The van der Waals surface area contributed by atoms with Crippen molar-refractivity contribution in [1.29, 1.82) is 0 Å². The van der Waals surface area contributed by atoms with E-state index in [1.54, 1.807) is 42.5 Å². The molecular formula is C25H24N4O4. The van der Waals surface area contributed by atoms with Crippen LogP contribution in [-0.2, 0) is 13.0 Å². The Hall–Kier alpha value is -4.04. The molecule has 0 aliphatic rings. The molecule has 4 rings (SSSR count). The first kappa shape index (κ1) is 22.2. The molecule has 2 aromatic heterocycles. The largest absolute Gasteiger partial charge is 0.489 e. The minimum absolute atomic E-state index is 0.0864. The Labute approximate surface area is 190 Å². The second-order valence-corrected chi connectivity index (χ2v) is 7.61. The van der Waals surface area contributed by atoms with Gasteiger partial charge in [-0.15, -0.1) is 0 Å². The van der Waals surface area contributed by atoms with E-state index in [-0.39, 0.29) is 17.9 Å². The molecule has 0 atom stereocenters. The van der Waals surface area contributed by atoms with Crippen molar-refractivity contribution in [3.05, 3.63) is 88.9 Å². The number of benzene rings is 2. The minimum atomic E-state index is -0.693. The van der Waals surface area contributed by atoms with Gasteiger partial charge in [0.05, 0.1) is 16.8 Å². The topological polar surface area (TPSA) is 112 Å². The van der Waals surface area contributed by atoms with Gasteiger partial charge in [-0.3, -0.25) is 9.59 Å². The summed E-state index contributed by atoms with van der Waals surface area (Å²) in [5.74, 6) is 5.79. The molecule has 2 amide bonds. The summed E-state index contributed by atoms with van der Waals surface area (Å²) < 4.78 is 11.2. The molecular weight excluding hydrogens is 420 g/mol. The van der Waals surface area contributed by atoms with E-state index in [1.165, 1.54) is 0 Å². The third-order valence-electron chi connectivity index (χ3n) is 5.26. The number of imide groups is 1. The lowest BCUT2D eigenvalue weighted by Gasteiger charge is -2.15. The van der Waals surface area contributed by atoms with Gasteiger partial charge in [0.15, 0.2) is 0 Å². The fraction of sp³-hybridized carbons (Fsp3) is 0.200. The van der Waals surface area contributed by atoms with Gasteiger partial charge in [0.25, 0.3) is 11.8 Å². The first-order valence-electron chi connectivity index (χ1n) is 10.6. The van der Waals surface area contributed by atoms with E-state index in [0.717, 1.165) is 35.2 Å². The highest BCUT2D eigenvalue weighted by molar-refractivity contribution is 6.09. The molecule has 0 radical (unpaired) electrons. The zero-order valence-corrected chi connectivity index (χ0v) is 18.4. The van der Waals surface area contributed by atoms with Gasteiger partial charge in [0, 0.05) is 17.4 Å². The third-order valence-corrected chi connectivity index (χ3v) is 5.26. The zero-order valence-electron chi connectivity index (χ0n) is 18.4. The number of para-hydroxylation sites is 1. The lowest BCUT2D eigenvalue weighted by Crippen LogP contribution is -2.43. The SMILES string of the molecule is CCCc1onc(C)c1COc1cccc(C(=O)N(N)C(=O)c2ccc3ccccc3n2)c1. The Morgan fingerprint density at radius 1 is 1.06 bits per heavy atom. The predicted molar refractivity (Wildman–Crippen MR) is 122 cm³/mol. The summed E-state index contributed by atoms with van der Waals surface area (Å²) in [6.07, 6.45) is 1.70. The molecule has 0 aliphatic heterocycles. The lowest BCUT2D eigenvalue weighted by atomic mass is 10.1. The molecule has 0 saturated carbocycles. The van der Waals surface area contributed by atoms with E-state index >= 15 is 0 Å². The van der Waals surface area contributed by atoms with Crippen molar-refractivity contribution in [1.82, 2.24) is 15.1 Å². The van der Waals surface area contributed by atoms with Gasteiger partial charge in [-0.05, 0) is 43.7 Å². The number of aromatic nitrogens is 2. The fourth-order valence-corrected chi connectivity index (χ4v) is 3.46. The standard InChI is InChI=1S/C25H24N4O4/c1-3-7-23-20(16(2)28-33-23)15-32-19-10-6-9-18(14-19)24(30)29(26)25(31)22-13-12-17-8-4-5-11-21(17)27-22/h4-6,8-14H,3,7,15,26H2,1-2H3. The maximum absolute atomic E-state index is 12.9. The highest BCUT2D eigenvalue weighted by Crippen LogP contribution is 2.21. The zero-order chi connectivity index (χ0) is 23.4. The van der Waals surface area contributed by atoms with Crippen LogP contribution in [0, 0.1) is 6.92 Å². The number of pyridine rings is 1. The summed E-state index contributed by atoms with van der Waals surface area (Å²) >= 11 is 0. The minimum Gasteiger partial charge on any atom is -0.489 e. The van der Waals surface area contributed by atoms with Crippen LogP contribution >= 0.6 is 0 Å². The monoisotopic (exact) mass is 444 g/mol. The molecule has 0 bridgehead atoms. The van der Waals surface area contributed by atoms with Crippen molar-refractivity contribution in [2.75, 3.05) is 0 Å². The lowest BCUT2D eigenvalue weighted by molar-refractivity contribution is 0.0611. The maximum atomic E-state index is 12.9. The molecule has 0 spiro atoms. The van der Waals surface area contributed by atoms with Crippen LogP contribution in [0.25, 0.3) is 10.9 Å². The Balaban J connectivity index is 1.48. The van der Waals surface area contributed by atoms with E-state index in [1.807, 2.05) is 25.1 Å². The van der Waals surface area contributed by atoms with Crippen molar-refractivity contribution in [3.8, 4) is 5.75 Å². The molecule has 0 unspecified atom stereocenters. The first-order chi connectivity index (χ1) is 16.0. The van der Waals surface area contributed by atoms with Crippen LogP contribution in [0.3, 0.4) is 0 Å². The molecule has 2 aromatic carbocycles. The van der Waals surface area contributed by atoms with Crippen molar-refractivity contribution in [2.24, 2.45) is 5.84 Å². The quantitative estimate of drug-likeness (QED) is 0.197. The van der Waals surface area contributed by atoms with Crippen molar-refractivity contribution >= 4 is 22.7 Å². The summed E-state index contributed by atoms with van der Waals surface area (Å²) in [4.78, 5) is 30.0. The van der Waals surface area contributed by atoms with Crippen LogP contribution in [0.5, 0.6) is 5.75 Å². The van der Waals surface area contributed by atoms with Gasteiger partial charge in [0.2, 0.25) is 0 Å². The second-order valence-electron chi connectivity index (χ2n) is 7.61. The molecule has 4 aromatic rings. The average Bonchev–Trinajstić information content (AvgIpc) is 3.20. The number of hydrazine groups is 1. The van der Waals surface area contributed by atoms with Crippen LogP contribution in [-0.4, -0.2) is 27.0 Å². The number of fused-ring (bicyclic) bond motifs is 1. The Morgan fingerprint density at radius 3 is 2.70 bits per heavy atom. The van der Waals surface area contributed by atoms with E-state index < -0.39 is 11.8 Å². The highest BCUT2D eigenvalue weighted by atomic mass is 16.5. The van der Waals surface area contributed by atoms with Gasteiger partial charge in [-0.25, -0.2) is 15.8 Å². The van der Waals surface area contributed by atoms with Crippen molar-refractivity contribution in [3.63, 3.8) is 0 Å². The number of nitrogens with two attached hydrogens (primary N) is 1. The number of carbonyl (C=O) groups is 2. The fourth-order valence-electron chi connectivity index (χ4n) is 3.46. The van der Waals surface area contributed by atoms with Crippen LogP contribution in [0.2, 0.25) is 0 Å². The Kier molecular flexibility index (Phi) is 6.46. The van der Waals surface area contributed by atoms with Crippen LogP contribution in [0.4, 0.5) is 0 Å². The predicted octanol–water partition coefficient (Wildman–Crippen LogP) is 4.22. The number of amides is 2. The molecule has 33 heavy (non-hydrogen) atoms. The smallest absolute Gasteiger partial charge is 0.293 e. The number of ether oxygens (including phenoxy) is 1. The van der Waals surface area contributed by atoms with Gasteiger partial charge in [0.1, 0.15) is 23.8 Å². The molecule has 0 fully saturated rings. The molecule has 2 N–H and O–H groups in total. The van der Waals surface area contributed by atoms with E-state index in [2.05, 4.69) is 17.1 Å². The summed E-state index contributed by atoms with van der Waals surface area (Å²) in [5.41, 5.74) is 2.62. The van der Waals surface area contributed by atoms with Gasteiger partial charge in [-0.2, -0.15) is 0 Å². The van der Waals surface area contributed by atoms with Crippen LogP contribution in [0.15, 0.2) is 65.2 Å². The Bertz CT molecular complexity index is 1310. The van der Waals surface area contributed by atoms with E-state index in [9.17, 15) is 9.59 Å². The number of hydrogen-bond donors (Lipinski definition) is 1.